The van der Waals surface area contributed by atoms with Gasteiger partial charge in [-0.2, -0.15) is 0 Å². The number of carbonyl (C=O) groups is 1. The van der Waals surface area contributed by atoms with Crippen LogP contribution in [0.25, 0.3) is 10.8 Å². The van der Waals surface area contributed by atoms with Gasteiger partial charge in [-0.15, -0.1) is 11.3 Å². The highest BCUT2D eigenvalue weighted by molar-refractivity contribution is 7.15. The summed E-state index contributed by atoms with van der Waals surface area (Å²) in [5, 5.41) is 0.759. The van der Waals surface area contributed by atoms with E-state index in [4.69, 9.17) is 4.42 Å². The van der Waals surface area contributed by atoms with Crippen molar-refractivity contribution in [3.05, 3.63) is 29.0 Å². The number of amides is 1. The van der Waals surface area contributed by atoms with E-state index in [2.05, 4.69) is 11.9 Å². The summed E-state index contributed by atoms with van der Waals surface area (Å²) >= 11 is 1.49. The monoisotopic (exact) mass is 278 g/mol. The lowest BCUT2D eigenvalue weighted by molar-refractivity contribution is 0.0787. The first-order chi connectivity index (χ1) is 9.13. The van der Waals surface area contributed by atoms with E-state index in [1.54, 1.807) is 11.2 Å². The van der Waals surface area contributed by atoms with Crippen LogP contribution in [0.3, 0.4) is 0 Å². The fourth-order valence-corrected chi connectivity index (χ4v) is 2.65. The minimum Gasteiger partial charge on any atom is -0.462 e. The Kier molecular flexibility index (Phi) is 4.37. The maximum atomic E-state index is 12.3. The van der Waals surface area contributed by atoms with Crippen molar-refractivity contribution >= 4 is 17.2 Å². The molecule has 0 radical (unpaired) electrons. The first-order valence-electron chi connectivity index (χ1n) is 6.40. The fraction of sp³-hybridized carbons (Fsp3) is 0.429. The fourth-order valence-electron chi connectivity index (χ4n) is 1.78. The number of aryl methyl sites for hydroxylation is 1. The third-order valence-corrected chi connectivity index (χ3v) is 3.91. The molecule has 0 aliphatic heterocycles. The molecule has 0 saturated carbocycles. The van der Waals surface area contributed by atoms with Gasteiger partial charge >= 0.3 is 0 Å². The Hall–Kier alpha value is -1.62. The average Bonchev–Trinajstić information content (AvgIpc) is 3.03. The topological polar surface area (TPSA) is 46.3 Å². The highest BCUT2D eigenvalue weighted by Crippen LogP contribution is 2.28. The highest BCUT2D eigenvalue weighted by atomic mass is 32.1. The van der Waals surface area contributed by atoms with Gasteiger partial charge in [-0.3, -0.25) is 4.79 Å². The number of hydrogen-bond donors (Lipinski definition) is 0. The second-order valence-corrected chi connectivity index (χ2v) is 5.68. The third-order valence-electron chi connectivity index (χ3n) is 2.92. The van der Waals surface area contributed by atoms with Crippen molar-refractivity contribution in [2.24, 2.45) is 0 Å². The van der Waals surface area contributed by atoms with E-state index in [1.807, 2.05) is 26.1 Å². The van der Waals surface area contributed by atoms with Gasteiger partial charge in [0.15, 0.2) is 10.8 Å². The summed E-state index contributed by atoms with van der Waals surface area (Å²) in [7, 11) is 1.82. The number of rotatable bonds is 5. The van der Waals surface area contributed by atoms with Crippen molar-refractivity contribution in [2.75, 3.05) is 13.6 Å². The Balaban J connectivity index is 2.19. The number of thiazole rings is 1. The summed E-state index contributed by atoms with van der Waals surface area (Å²) in [6.45, 7) is 4.80. The molecule has 0 N–H and O–H groups in total. The molecule has 1 amide bonds. The molecule has 0 aliphatic rings. The quantitative estimate of drug-likeness (QED) is 0.839. The molecule has 0 unspecified atom stereocenters. The maximum Gasteiger partial charge on any atom is 0.273 e. The number of furan rings is 1. The lowest BCUT2D eigenvalue weighted by Gasteiger charge is -2.15. The van der Waals surface area contributed by atoms with Gasteiger partial charge in [0.25, 0.3) is 5.91 Å². The Labute approximate surface area is 117 Å². The first kappa shape index (κ1) is 13.8. The molecule has 2 aromatic heterocycles. The zero-order chi connectivity index (χ0) is 13.8. The van der Waals surface area contributed by atoms with Gasteiger partial charge in [0, 0.05) is 18.5 Å². The van der Waals surface area contributed by atoms with Crippen molar-refractivity contribution < 1.29 is 9.21 Å². The molecule has 0 aromatic carbocycles. The van der Waals surface area contributed by atoms with Gasteiger partial charge in [-0.25, -0.2) is 4.98 Å². The summed E-state index contributed by atoms with van der Waals surface area (Å²) in [6.07, 6.45) is 3.70. The predicted molar refractivity (Wildman–Crippen MR) is 76.4 cm³/mol. The lowest BCUT2D eigenvalue weighted by Crippen LogP contribution is -2.28. The van der Waals surface area contributed by atoms with E-state index in [1.165, 1.54) is 11.3 Å². The largest absolute Gasteiger partial charge is 0.462 e. The number of carbonyl (C=O) groups excluding carboxylic acids is 1. The number of unbranched alkanes of at least 4 members (excludes halogenated alkanes) is 1. The molecule has 0 fully saturated rings. The number of nitrogens with zero attached hydrogens (tertiary/aromatic N) is 2. The van der Waals surface area contributed by atoms with E-state index >= 15 is 0 Å². The average molecular weight is 278 g/mol. The second-order valence-electron chi connectivity index (χ2n) is 4.48. The summed E-state index contributed by atoms with van der Waals surface area (Å²) in [6, 6.07) is 3.67. The van der Waals surface area contributed by atoms with Crippen LogP contribution in [0.4, 0.5) is 0 Å². The van der Waals surface area contributed by atoms with Crippen LogP contribution in [0, 0.1) is 6.92 Å². The minimum atomic E-state index is -0.0139. The maximum absolute atomic E-state index is 12.3. The summed E-state index contributed by atoms with van der Waals surface area (Å²) in [5.41, 5.74) is 0.537. The normalized spacial score (nSPS) is 10.7. The van der Waals surface area contributed by atoms with Gasteiger partial charge in [0.2, 0.25) is 0 Å². The van der Waals surface area contributed by atoms with Gasteiger partial charge in [-0.05, 0) is 25.5 Å². The van der Waals surface area contributed by atoms with E-state index in [9.17, 15) is 4.79 Å². The molecular formula is C14H18N2O2S. The zero-order valence-corrected chi connectivity index (χ0v) is 12.3. The van der Waals surface area contributed by atoms with Crippen LogP contribution in [0.5, 0.6) is 0 Å². The van der Waals surface area contributed by atoms with Gasteiger partial charge < -0.3 is 9.32 Å². The molecule has 0 atom stereocenters. The molecule has 2 heterocycles. The molecule has 0 bridgehead atoms. The van der Waals surface area contributed by atoms with Crippen molar-refractivity contribution in [1.82, 2.24) is 9.88 Å². The lowest BCUT2D eigenvalue weighted by atomic mass is 10.3. The standard InChI is InChI=1S/C14H18N2O2S/c1-4-5-8-16(3)14(17)12-10(2)19-13(15-12)11-7-6-9-18-11/h6-7,9H,4-5,8H2,1-3H3. The van der Waals surface area contributed by atoms with Crippen LogP contribution in [0.15, 0.2) is 22.8 Å². The van der Waals surface area contributed by atoms with Crippen LogP contribution in [0.2, 0.25) is 0 Å². The van der Waals surface area contributed by atoms with Crippen molar-refractivity contribution in [1.29, 1.82) is 0 Å². The van der Waals surface area contributed by atoms with Crippen molar-refractivity contribution in [2.45, 2.75) is 26.7 Å². The Morgan fingerprint density at radius 2 is 2.32 bits per heavy atom. The van der Waals surface area contributed by atoms with E-state index < -0.39 is 0 Å². The molecule has 0 saturated heterocycles. The van der Waals surface area contributed by atoms with Crippen LogP contribution in [0.1, 0.15) is 35.1 Å². The third kappa shape index (κ3) is 3.04. The highest BCUT2D eigenvalue weighted by Gasteiger charge is 2.20. The molecule has 0 spiro atoms. The summed E-state index contributed by atoms with van der Waals surface area (Å²) < 4.78 is 5.32. The number of aromatic nitrogens is 1. The van der Waals surface area contributed by atoms with Crippen molar-refractivity contribution in [3.63, 3.8) is 0 Å². The molecule has 2 rings (SSSR count). The smallest absolute Gasteiger partial charge is 0.273 e. The Bertz CT molecular complexity index is 546. The molecule has 2 aromatic rings. The van der Waals surface area contributed by atoms with Gasteiger partial charge in [0.05, 0.1) is 6.26 Å². The van der Waals surface area contributed by atoms with E-state index in [0.29, 0.717) is 11.5 Å². The van der Waals surface area contributed by atoms with Gasteiger partial charge in [0.1, 0.15) is 5.69 Å². The minimum absolute atomic E-state index is 0.0139. The van der Waals surface area contributed by atoms with Gasteiger partial charge in [-0.1, -0.05) is 13.3 Å². The SMILES string of the molecule is CCCCN(C)C(=O)c1nc(-c2ccco2)sc1C. The molecular weight excluding hydrogens is 260 g/mol. The van der Waals surface area contributed by atoms with Crippen molar-refractivity contribution in [3.8, 4) is 10.8 Å². The van der Waals surface area contributed by atoms with Crippen LogP contribution < -0.4 is 0 Å². The molecule has 0 aliphatic carbocycles. The van der Waals surface area contributed by atoms with Crippen LogP contribution in [-0.2, 0) is 0 Å². The zero-order valence-electron chi connectivity index (χ0n) is 11.5. The second kappa shape index (κ2) is 6.02. The van der Waals surface area contributed by atoms with E-state index in [-0.39, 0.29) is 5.91 Å². The molecule has 102 valence electrons. The summed E-state index contributed by atoms with van der Waals surface area (Å²) in [4.78, 5) is 19.4. The Morgan fingerprint density at radius 1 is 1.53 bits per heavy atom. The molecule has 19 heavy (non-hydrogen) atoms. The Morgan fingerprint density at radius 3 is 2.95 bits per heavy atom. The first-order valence-corrected chi connectivity index (χ1v) is 7.22. The number of hydrogen-bond acceptors (Lipinski definition) is 4. The predicted octanol–water partition coefficient (Wildman–Crippen LogP) is 3.58. The van der Waals surface area contributed by atoms with E-state index in [0.717, 1.165) is 29.3 Å². The van der Waals surface area contributed by atoms with Crippen LogP contribution in [-0.4, -0.2) is 29.4 Å². The van der Waals surface area contributed by atoms with Crippen LogP contribution >= 0.6 is 11.3 Å². The molecule has 5 heteroatoms. The summed E-state index contributed by atoms with van der Waals surface area (Å²) in [5.74, 6) is 0.698. The molecule has 4 nitrogen and oxygen atoms in total.